The number of allylic oxidation sites excluding steroid dienone is 2. The molecule has 0 fully saturated rings. The molecule has 49 heavy (non-hydrogen) atoms. The molecule has 0 spiro atoms. The predicted molar refractivity (Wildman–Crippen MR) is 211 cm³/mol. The van der Waals surface area contributed by atoms with Crippen molar-refractivity contribution < 1.29 is 16.4 Å². The zero-order valence-electron chi connectivity index (χ0n) is 27.6. The van der Waals surface area contributed by atoms with Crippen LogP contribution in [0.1, 0.15) is 13.8 Å². The van der Waals surface area contributed by atoms with Crippen molar-refractivity contribution in [1.82, 2.24) is 0 Å². The zero-order chi connectivity index (χ0) is 34.3. The van der Waals surface area contributed by atoms with Crippen molar-refractivity contribution in [3.63, 3.8) is 0 Å². The van der Waals surface area contributed by atoms with Gasteiger partial charge in [-0.15, -0.1) is 0 Å². The second-order valence-electron chi connectivity index (χ2n) is 11.7. The van der Waals surface area contributed by atoms with E-state index in [4.69, 9.17) is 7.94 Å². The molecule has 0 aliphatic rings. The Morgan fingerprint density at radius 3 is 0.714 bits per heavy atom. The first-order chi connectivity index (χ1) is 23.8. The van der Waals surface area contributed by atoms with Crippen molar-refractivity contribution in [2.75, 3.05) is 0 Å². The molecule has 0 bridgehead atoms. The van der Waals surface area contributed by atoms with E-state index in [1.165, 1.54) is 0 Å². The van der Waals surface area contributed by atoms with Gasteiger partial charge in [-0.2, -0.15) is 0 Å². The fourth-order valence-corrected chi connectivity index (χ4v) is 21.4. The molecule has 0 amide bonds. The van der Waals surface area contributed by atoms with E-state index in [9.17, 15) is 0 Å². The van der Waals surface area contributed by atoms with Crippen LogP contribution in [0.3, 0.4) is 0 Å². The minimum atomic E-state index is -4.93. The fourth-order valence-electron chi connectivity index (χ4n) is 7.02. The quantitative estimate of drug-likeness (QED) is 0.121. The van der Waals surface area contributed by atoms with Crippen LogP contribution < -0.4 is 31.8 Å². The number of hydrogen-bond acceptors (Lipinski definition) is 4. The summed E-state index contributed by atoms with van der Waals surface area (Å²) in [4.78, 5) is 0. The van der Waals surface area contributed by atoms with Gasteiger partial charge in [-0.05, 0) is 0 Å². The summed E-state index contributed by atoms with van der Waals surface area (Å²) in [6.45, 7) is -5.22. The summed E-state index contributed by atoms with van der Waals surface area (Å²) < 4.78 is 45.4. The van der Waals surface area contributed by atoms with E-state index >= 15 is 8.42 Å². The van der Waals surface area contributed by atoms with Crippen LogP contribution >= 0.6 is 13.7 Å². The van der Waals surface area contributed by atoms with Gasteiger partial charge in [-0.3, -0.25) is 0 Å². The average Bonchev–Trinajstić information content (AvgIpc) is 3.16. The van der Waals surface area contributed by atoms with E-state index in [0.29, 0.717) is 0 Å². The van der Waals surface area contributed by atoms with Crippen LogP contribution in [-0.2, 0) is 18.3 Å². The fraction of sp³-hybridized carbons (Fsp3) is 0.0476. The maximum absolute atomic E-state index is 15.6. The van der Waals surface area contributed by atoms with Crippen LogP contribution in [0.2, 0.25) is 0 Å². The predicted octanol–water partition coefficient (Wildman–Crippen LogP) is 8.22. The molecule has 0 heterocycles. The third-order valence-electron chi connectivity index (χ3n) is 8.97. The van der Waals surface area contributed by atoms with Gasteiger partial charge in [0.1, 0.15) is 0 Å². The van der Waals surface area contributed by atoms with Crippen LogP contribution in [0.25, 0.3) is 0 Å². The van der Waals surface area contributed by atoms with Crippen LogP contribution in [-0.4, -0.2) is 8.42 Å². The van der Waals surface area contributed by atoms with Gasteiger partial charge in [0, 0.05) is 0 Å². The second kappa shape index (κ2) is 13.8. The van der Waals surface area contributed by atoms with Crippen LogP contribution in [0.15, 0.2) is 206 Å². The Hall–Kier alpha value is -4.47. The Morgan fingerprint density at radius 1 is 0.367 bits per heavy atom. The number of rotatable bonds is 12. The van der Waals surface area contributed by atoms with E-state index < -0.39 is 24.1 Å². The molecular weight excluding hydrogens is 662 g/mol. The summed E-state index contributed by atoms with van der Waals surface area (Å²) in [6.07, 6.45) is 3.77. The van der Waals surface area contributed by atoms with Crippen molar-refractivity contribution in [2.24, 2.45) is 0 Å². The van der Waals surface area contributed by atoms with Gasteiger partial charge in [0.15, 0.2) is 0 Å². The standard InChI is InChI=1S/C42H40O4P2S/c1-3-35-47(37-23-11-5-12-24-37,38-25-13-6-14-26-38,39-27-15-7-16-28-39)45-49(43,44)46-48(36-4-2,40-29-17-8-18-30-40,41-31-19-9-20-32-41)42-33-21-10-22-34-42/h3-36H,1-2H3. The van der Waals surface area contributed by atoms with Crippen molar-refractivity contribution in [3.8, 4) is 0 Å². The van der Waals surface area contributed by atoms with E-state index in [2.05, 4.69) is 0 Å². The SMILES string of the molecule is CC=CP(OS(=O)(=O)OP(C=CC)(c1ccccc1)(c1ccccc1)c1ccccc1)(c1ccccc1)(c1ccccc1)c1ccccc1. The van der Waals surface area contributed by atoms with Gasteiger partial charge in [0.2, 0.25) is 0 Å². The third-order valence-corrected chi connectivity index (χ3v) is 22.6. The van der Waals surface area contributed by atoms with Crippen LogP contribution in [0, 0.1) is 0 Å². The summed E-state index contributed by atoms with van der Waals surface area (Å²) in [5.41, 5.74) is 0. The summed E-state index contributed by atoms with van der Waals surface area (Å²) in [7, 11) is -4.93. The summed E-state index contributed by atoms with van der Waals surface area (Å²) in [5.74, 6) is 3.90. The molecule has 0 saturated carbocycles. The average molecular weight is 703 g/mol. The van der Waals surface area contributed by atoms with Crippen molar-refractivity contribution >= 4 is 55.9 Å². The molecule has 0 radical (unpaired) electrons. The molecule has 6 rings (SSSR count). The first kappa shape index (κ1) is 34.4. The summed E-state index contributed by atoms with van der Waals surface area (Å²) in [5, 5.41) is 4.34. The molecule has 0 saturated heterocycles. The molecule has 248 valence electrons. The van der Waals surface area contributed by atoms with Gasteiger partial charge in [0.25, 0.3) is 0 Å². The Morgan fingerprint density at radius 2 is 0.551 bits per heavy atom. The Labute approximate surface area is 290 Å². The van der Waals surface area contributed by atoms with Crippen molar-refractivity contribution in [1.29, 1.82) is 0 Å². The normalized spacial score (nSPS) is 14.2. The summed E-state index contributed by atoms with van der Waals surface area (Å²) >= 11 is 0. The molecule has 6 aromatic rings. The molecular formula is C42H40O4P2S. The minimum absolute atomic E-state index is 0.724. The maximum atomic E-state index is 15.6. The molecule has 0 aliphatic heterocycles. The number of hydrogen-bond donors (Lipinski definition) is 0. The monoisotopic (exact) mass is 702 g/mol. The molecule has 0 aromatic heterocycles. The molecule has 0 N–H and O–H groups in total. The van der Waals surface area contributed by atoms with Crippen LogP contribution in [0.4, 0.5) is 0 Å². The van der Waals surface area contributed by atoms with Gasteiger partial charge in [-0.1, -0.05) is 0 Å². The van der Waals surface area contributed by atoms with E-state index in [1.54, 1.807) is 0 Å². The molecule has 0 aliphatic carbocycles. The molecule has 6 aromatic carbocycles. The first-order valence-corrected chi connectivity index (χ1v) is 22.0. The zero-order valence-corrected chi connectivity index (χ0v) is 30.2. The van der Waals surface area contributed by atoms with Crippen molar-refractivity contribution in [3.05, 3.63) is 206 Å². The van der Waals surface area contributed by atoms with Gasteiger partial charge < -0.3 is 0 Å². The molecule has 0 unspecified atom stereocenters. The van der Waals surface area contributed by atoms with Crippen LogP contribution in [0.5, 0.6) is 0 Å². The van der Waals surface area contributed by atoms with Gasteiger partial charge >= 0.3 is 292 Å². The summed E-state index contributed by atoms with van der Waals surface area (Å²) in [6, 6.07) is 57.9. The Kier molecular flexibility index (Phi) is 9.69. The Bertz CT molecular complexity index is 1810. The van der Waals surface area contributed by atoms with E-state index in [1.807, 2.05) is 220 Å². The van der Waals surface area contributed by atoms with Gasteiger partial charge in [0.05, 0.1) is 0 Å². The molecule has 4 nitrogen and oxygen atoms in total. The Balaban J connectivity index is 1.77. The first-order valence-electron chi connectivity index (χ1n) is 16.2. The van der Waals surface area contributed by atoms with Gasteiger partial charge in [-0.25, -0.2) is 0 Å². The van der Waals surface area contributed by atoms with E-state index in [-0.39, 0.29) is 0 Å². The van der Waals surface area contributed by atoms with Crippen molar-refractivity contribution in [2.45, 2.75) is 13.8 Å². The third kappa shape index (κ3) is 5.63. The topological polar surface area (TPSA) is 52.6 Å². The van der Waals surface area contributed by atoms with E-state index in [0.717, 1.165) is 31.8 Å². The number of benzene rings is 6. The molecule has 7 heteroatoms. The molecule has 0 atom stereocenters. The second-order valence-corrected chi connectivity index (χ2v) is 21.9.